The molecule has 35 heavy (non-hydrogen) atoms. The van der Waals surface area contributed by atoms with E-state index in [1.807, 2.05) is 44.2 Å². The van der Waals surface area contributed by atoms with Crippen LogP contribution in [0, 0.1) is 5.41 Å². The zero-order valence-corrected chi connectivity index (χ0v) is 19.9. The predicted octanol–water partition coefficient (Wildman–Crippen LogP) is 7.12. The van der Waals surface area contributed by atoms with Gasteiger partial charge in [0.25, 0.3) is 0 Å². The average molecular weight is 482 g/mol. The van der Waals surface area contributed by atoms with Crippen LogP contribution in [0.25, 0.3) is 11.1 Å². The number of alkyl halides is 3. The molecule has 5 rings (SSSR count). The molecule has 6 heteroatoms. The summed E-state index contributed by atoms with van der Waals surface area (Å²) >= 11 is 0. The topological polar surface area (TPSA) is 53.4 Å². The molecule has 0 bridgehead atoms. The smallest absolute Gasteiger partial charge is 0.388 e. The van der Waals surface area contributed by atoms with Crippen molar-refractivity contribution in [2.75, 3.05) is 0 Å². The largest absolute Gasteiger partial charge is 0.416 e. The summed E-state index contributed by atoms with van der Waals surface area (Å²) < 4.78 is 39.4. The first-order valence-electron chi connectivity index (χ1n) is 12.2. The third-order valence-corrected chi connectivity index (χ3v) is 7.73. The summed E-state index contributed by atoms with van der Waals surface area (Å²) in [6, 6.07) is 14.3. The maximum absolute atomic E-state index is 13.1. The Morgan fingerprint density at radius 3 is 2.20 bits per heavy atom. The Hall–Kier alpha value is -2.70. The number of hydrogen-bond acceptors (Lipinski definition) is 3. The fourth-order valence-corrected chi connectivity index (χ4v) is 5.83. The molecule has 1 aromatic heterocycles. The molecule has 2 aliphatic rings. The predicted molar refractivity (Wildman–Crippen MR) is 129 cm³/mol. The van der Waals surface area contributed by atoms with Gasteiger partial charge in [0, 0.05) is 22.5 Å². The van der Waals surface area contributed by atoms with E-state index < -0.39 is 23.9 Å². The number of nitrogens with zero attached hydrogens (tertiary/aromatic N) is 1. The Labute approximate surface area is 203 Å². The summed E-state index contributed by atoms with van der Waals surface area (Å²) in [6.45, 7) is 4.01. The Balaban J connectivity index is 1.73. The highest BCUT2D eigenvalue weighted by atomic mass is 19.4. The van der Waals surface area contributed by atoms with E-state index in [1.165, 1.54) is 12.1 Å². The van der Waals surface area contributed by atoms with E-state index in [2.05, 4.69) is 0 Å². The van der Waals surface area contributed by atoms with Gasteiger partial charge in [0.15, 0.2) is 0 Å². The molecule has 0 radical (unpaired) electrons. The second kappa shape index (κ2) is 8.75. The molecule has 2 N–H and O–H groups in total. The molecule has 184 valence electrons. The lowest BCUT2D eigenvalue weighted by Gasteiger charge is -2.47. The van der Waals surface area contributed by atoms with Crippen molar-refractivity contribution in [1.29, 1.82) is 0 Å². The number of benzene rings is 2. The Morgan fingerprint density at radius 2 is 1.66 bits per heavy atom. The van der Waals surface area contributed by atoms with E-state index in [9.17, 15) is 23.4 Å². The van der Waals surface area contributed by atoms with Gasteiger partial charge in [0.1, 0.15) is 6.10 Å². The summed E-state index contributed by atoms with van der Waals surface area (Å²) in [5, 5.41) is 23.0. The molecule has 0 unspecified atom stereocenters. The third kappa shape index (κ3) is 4.27. The monoisotopic (exact) mass is 481 g/mol. The second-order valence-electron chi connectivity index (χ2n) is 10.4. The molecule has 0 amide bonds. The molecule has 3 aromatic rings. The zero-order chi connectivity index (χ0) is 25.0. The van der Waals surface area contributed by atoms with Gasteiger partial charge in [-0.15, -0.1) is 0 Å². The molecule has 1 fully saturated rings. The van der Waals surface area contributed by atoms with Gasteiger partial charge >= 0.3 is 6.18 Å². The van der Waals surface area contributed by atoms with Crippen LogP contribution in [-0.4, -0.2) is 15.2 Å². The second-order valence-corrected chi connectivity index (χ2v) is 10.4. The van der Waals surface area contributed by atoms with Gasteiger partial charge in [0.05, 0.1) is 11.7 Å². The van der Waals surface area contributed by atoms with Gasteiger partial charge in [-0.3, -0.25) is 4.98 Å². The highest BCUT2D eigenvalue weighted by Crippen LogP contribution is 2.55. The lowest BCUT2D eigenvalue weighted by Crippen LogP contribution is -2.38. The number of aromatic nitrogens is 1. The van der Waals surface area contributed by atoms with Gasteiger partial charge in [-0.05, 0) is 65.8 Å². The number of pyridine rings is 1. The molecule has 1 heterocycles. The van der Waals surface area contributed by atoms with E-state index in [4.69, 9.17) is 4.98 Å². The quantitative estimate of drug-likeness (QED) is 0.417. The van der Waals surface area contributed by atoms with E-state index >= 15 is 0 Å². The molecular formula is C29H30F3NO2. The van der Waals surface area contributed by atoms with Crippen LogP contribution in [0.3, 0.4) is 0 Å². The highest BCUT2D eigenvalue weighted by Gasteiger charge is 2.45. The van der Waals surface area contributed by atoms with Gasteiger partial charge < -0.3 is 10.2 Å². The van der Waals surface area contributed by atoms with E-state index in [0.717, 1.165) is 65.9 Å². The summed E-state index contributed by atoms with van der Waals surface area (Å²) in [4.78, 5) is 5.03. The molecule has 1 saturated carbocycles. The molecular weight excluding hydrogens is 451 g/mol. The summed E-state index contributed by atoms with van der Waals surface area (Å²) in [5.41, 5.74) is 4.23. The van der Waals surface area contributed by atoms with Crippen molar-refractivity contribution in [2.45, 2.75) is 70.3 Å². The van der Waals surface area contributed by atoms with Crippen LogP contribution < -0.4 is 0 Å². The fraction of sp³-hybridized carbons (Fsp3) is 0.414. The van der Waals surface area contributed by atoms with E-state index in [1.54, 1.807) is 0 Å². The standard InChI is InChI=1S/C29H30F3NO2/c1-17(2)26-25(27(35)19-9-11-20(12-10-19)29(30,31)32)23(18-7-4-3-5-8-18)24-21(33-26)15-28(13-6-14-28)16-22(24)34/h3-5,7-12,17,22,27,34-35H,6,13-16H2,1-2H3/t22-,27+/m0/s1. The van der Waals surface area contributed by atoms with Gasteiger partial charge in [-0.1, -0.05) is 62.7 Å². The van der Waals surface area contributed by atoms with Crippen molar-refractivity contribution in [3.8, 4) is 11.1 Å². The number of fused-ring (bicyclic) bond motifs is 1. The Bertz CT molecular complexity index is 1220. The van der Waals surface area contributed by atoms with Crippen molar-refractivity contribution in [1.82, 2.24) is 4.98 Å². The lowest BCUT2D eigenvalue weighted by atomic mass is 9.59. The zero-order valence-electron chi connectivity index (χ0n) is 19.9. The first-order valence-corrected chi connectivity index (χ1v) is 12.2. The van der Waals surface area contributed by atoms with Crippen LogP contribution in [0.1, 0.15) is 91.3 Å². The summed E-state index contributed by atoms with van der Waals surface area (Å²) in [7, 11) is 0. The van der Waals surface area contributed by atoms with Gasteiger partial charge in [-0.2, -0.15) is 13.2 Å². The first-order chi connectivity index (χ1) is 16.6. The summed E-state index contributed by atoms with van der Waals surface area (Å²) in [6.07, 6.45) is -1.55. The van der Waals surface area contributed by atoms with Crippen molar-refractivity contribution in [3.05, 3.63) is 88.2 Å². The molecule has 3 nitrogen and oxygen atoms in total. The Morgan fingerprint density at radius 1 is 1.00 bits per heavy atom. The minimum atomic E-state index is -4.45. The highest BCUT2D eigenvalue weighted by molar-refractivity contribution is 5.75. The molecule has 0 aliphatic heterocycles. The number of halogens is 3. The third-order valence-electron chi connectivity index (χ3n) is 7.73. The number of aliphatic hydroxyl groups is 2. The fourth-order valence-electron chi connectivity index (χ4n) is 5.83. The molecule has 2 atom stereocenters. The normalized spacial score (nSPS) is 19.9. The number of aliphatic hydroxyl groups excluding tert-OH is 2. The Kier molecular flexibility index (Phi) is 6.01. The van der Waals surface area contributed by atoms with Crippen molar-refractivity contribution in [2.24, 2.45) is 5.41 Å². The molecule has 0 saturated heterocycles. The maximum Gasteiger partial charge on any atom is 0.416 e. The average Bonchev–Trinajstić information content (AvgIpc) is 2.81. The van der Waals surface area contributed by atoms with Crippen LogP contribution in [0.15, 0.2) is 54.6 Å². The lowest BCUT2D eigenvalue weighted by molar-refractivity contribution is -0.137. The minimum absolute atomic E-state index is 0.0294. The van der Waals surface area contributed by atoms with Crippen LogP contribution >= 0.6 is 0 Å². The van der Waals surface area contributed by atoms with Crippen LogP contribution in [0.4, 0.5) is 13.2 Å². The van der Waals surface area contributed by atoms with Gasteiger partial charge in [-0.25, -0.2) is 0 Å². The van der Waals surface area contributed by atoms with Crippen molar-refractivity contribution >= 4 is 0 Å². The van der Waals surface area contributed by atoms with Crippen LogP contribution in [-0.2, 0) is 12.6 Å². The van der Waals surface area contributed by atoms with Gasteiger partial charge in [0.2, 0.25) is 0 Å². The number of hydrogen-bond donors (Lipinski definition) is 2. The maximum atomic E-state index is 13.1. The van der Waals surface area contributed by atoms with E-state index in [-0.39, 0.29) is 11.3 Å². The molecule has 1 spiro atoms. The molecule has 2 aromatic carbocycles. The molecule has 2 aliphatic carbocycles. The number of rotatable bonds is 4. The van der Waals surface area contributed by atoms with Crippen molar-refractivity contribution in [3.63, 3.8) is 0 Å². The van der Waals surface area contributed by atoms with Crippen molar-refractivity contribution < 1.29 is 23.4 Å². The SMILES string of the molecule is CC(C)c1nc2c(c(-c3ccccc3)c1[C@H](O)c1ccc(C(F)(F)F)cc1)[C@@H](O)CC1(CCC1)C2. The minimum Gasteiger partial charge on any atom is -0.388 e. The van der Waals surface area contributed by atoms with Crippen LogP contribution in [0.5, 0.6) is 0 Å². The van der Waals surface area contributed by atoms with E-state index in [0.29, 0.717) is 17.5 Å². The summed E-state index contributed by atoms with van der Waals surface area (Å²) in [5.74, 6) is -0.0294. The van der Waals surface area contributed by atoms with Crippen LogP contribution in [0.2, 0.25) is 0 Å². The first kappa shape index (κ1) is 24.0.